The van der Waals surface area contributed by atoms with Crippen molar-refractivity contribution >= 4 is 58.1 Å². The molecule has 1 heterocycles. The number of anilines is 3. The van der Waals surface area contributed by atoms with Crippen LogP contribution < -0.4 is 21.3 Å². The molecule has 41 heavy (non-hydrogen) atoms. The third-order valence-corrected chi connectivity index (χ3v) is 7.04. The van der Waals surface area contributed by atoms with Crippen molar-refractivity contribution in [2.75, 3.05) is 55.3 Å². The molecule has 0 aliphatic carbocycles. The van der Waals surface area contributed by atoms with Crippen molar-refractivity contribution in [1.29, 1.82) is 0 Å². The predicted molar refractivity (Wildman–Crippen MR) is 163 cm³/mol. The highest BCUT2D eigenvalue weighted by atomic mass is 35.5. The lowest BCUT2D eigenvalue weighted by Gasteiger charge is -2.27. The van der Waals surface area contributed by atoms with Crippen LogP contribution in [0.15, 0.2) is 66.7 Å². The van der Waals surface area contributed by atoms with Gasteiger partial charge in [0.25, 0.3) is 5.91 Å². The molecule has 1 aliphatic heterocycles. The van der Waals surface area contributed by atoms with Gasteiger partial charge in [-0.1, -0.05) is 53.5 Å². The molecular weight excluding hydrogens is 565 g/mol. The number of rotatable bonds is 11. The molecule has 3 aromatic carbocycles. The zero-order valence-corrected chi connectivity index (χ0v) is 24.1. The number of nitrogens with one attached hydrogen (secondary N) is 4. The molecule has 0 spiro atoms. The van der Waals surface area contributed by atoms with E-state index in [1.165, 1.54) is 17.7 Å². The first-order valence-corrected chi connectivity index (χ1v) is 14.2. The normalized spacial score (nSPS) is 12.9. The van der Waals surface area contributed by atoms with Crippen LogP contribution in [-0.4, -0.2) is 62.1 Å². The molecule has 4 amide bonds. The van der Waals surface area contributed by atoms with Crippen molar-refractivity contribution < 1.29 is 19.1 Å². The van der Waals surface area contributed by atoms with E-state index in [0.29, 0.717) is 51.4 Å². The summed E-state index contributed by atoms with van der Waals surface area (Å²) in [6.45, 7) is 2.77. The molecular formula is C30H33Cl2N5O4. The molecule has 1 fully saturated rings. The highest BCUT2D eigenvalue weighted by molar-refractivity contribution is 6.40. The largest absolute Gasteiger partial charge is 0.383 e. The van der Waals surface area contributed by atoms with E-state index in [1.54, 1.807) is 4.90 Å². The first-order chi connectivity index (χ1) is 19.9. The van der Waals surface area contributed by atoms with Crippen molar-refractivity contribution in [2.24, 2.45) is 0 Å². The third-order valence-electron chi connectivity index (χ3n) is 6.45. The van der Waals surface area contributed by atoms with Crippen LogP contribution in [-0.2, 0) is 16.0 Å². The number of aryl methyl sites for hydroxylation is 1. The van der Waals surface area contributed by atoms with Crippen molar-refractivity contribution in [3.63, 3.8) is 0 Å². The van der Waals surface area contributed by atoms with Gasteiger partial charge in [0, 0.05) is 49.5 Å². The van der Waals surface area contributed by atoms with Crippen LogP contribution in [0, 0.1) is 0 Å². The zero-order valence-electron chi connectivity index (χ0n) is 22.6. The molecule has 0 aromatic heterocycles. The van der Waals surface area contributed by atoms with Gasteiger partial charge in [0.2, 0.25) is 5.91 Å². The van der Waals surface area contributed by atoms with Crippen LogP contribution in [0.25, 0.3) is 0 Å². The van der Waals surface area contributed by atoms with Crippen molar-refractivity contribution in [2.45, 2.75) is 19.3 Å². The van der Waals surface area contributed by atoms with Crippen LogP contribution in [0.2, 0.25) is 10.0 Å². The number of benzene rings is 3. The van der Waals surface area contributed by atoms with Gasteiger partial charge in [-0.05, 0) is 54.8 Å². The van der Waals surface area contributed by atoms with E-state index in [9.17, 15) is 14.4 Å². The first-order valence-electron chi connectivity index (χ1n) is 13.5. The van der Waals surface area contributed by atoms with Gasteiger partial charge in [0.05, 0.1) is 28.9 Å². The van der Waals surface area contributed by atoms with Gasteiger partial charge in [-0.25, -0.2) is 4.79 Å². The fourth-order valence-corrected chi connectivity index (χ4v) is 4.88. The fraction of sp³-hybridized carbons (Fsp3) is 0.300. The summed E-state index contributed by atoms with van der Waals surface area (Å²) in [6.07, 6.45) is 2.11. The molecule has 1 saturated heterocycles. The quantitative estimate of drug-likeness (QED) is 0.213. The highest BCUT2D eigenvalue weighted by Gasteiger charge is 2.21. The first kappa shape index (κ1) is 30.2. The second-order valence-corrected chi connectivity index (χ2v) is 10.3. The van der Waals surface area contributed by atoms with Crippen LogP contribution in [0.1, 0.15) is 28.8 Å². The molecule has 11 heteroatoms. The Morgan fingerprint density at radius 2 is 1.49 bits per heavy atom. The van der Waals surface area contributed by atoms with Gasteiger partial charge in [0.1, 0.15) is 0 Å². The lowest BCUT2D eigenvalue weighted by atomic mass is 10.1. The number of carbonyl (C=O) groups excluding carboxylic acids is 3. The van der Waals surface area contributed by atoms with E-state index < -0.39 is 6.03 Å². The van der Waals surface area contributed by atoms with Crippen LogP contribution >= 0.6 is 23.2 Å². The van der Waals surface area contributed by atoms with Crippen molar-refractivity contribution in [3.05, 3.63) is 87.9 Å². The smallest absolute Gasteiger partial charge is 0.319 e. The second-order valence-electron chi connectivity index (χ2n) is 9.49. The van der Waals surface area contributed by atoms with Crippen LogP contribution in [0.5, 0.6) is 0 Å². The molecule has 4 N–H and O–H groups in total. The summed E-state index contributed by atoms with van der Waals surface area (Å²) in [6, 6.07) is 20.0. The molecule has 0 radical (unpaired) electrons. The molecule has 1 aliphatic rings. The Hall–Kier alpha value is -3.79. The van der Waals surface area contributed by atoms with E-state index in [-0.39, 0.29) is 27.5 Å². The Morgan fingerprint density at radius 1 is 0.829 bits per heavy atom. The van der Waals surface area contributed by atoms with Gasteiger partial charge in [-0.3, -0.25) is 9.59 Å². The summed E-state index contributed by atoms with van der Waals surface area (Å²) in [5, 5.41) is 11.9. The zero-order chi connectivity index (χ0) is 29.0. The number of amides is 4. The number of ether oxygens (including phenoxy) is 1. The number of urea groups is 1. The minimum absolute atomic E-state index is 0.0181. The SMILES string of the molecule is O=C(CCCc1ccccc1)Nc1ccc(NCCNC(=O)Nc2c(Cl)cc(C(=O)N3CCOCC3)cc2Cl)cc1. The Bertz CT molecular complexity index is 1310. The summed E-state index contributed by atoms with van der Waals surface area (Å²) in [5.41, 5.74) is 3.38. The standard InChI is InChI=1S/C30H33Cl2N5O4/c31-25-19-22(29(39)37-15-17-41-18-16-37)20-26(32)28(25)36-30(40)34-14-13-33-23-9-11-24(12-10-23)35-27(38)8-4-7-21-5-2-1-3-6-21/h1-3,5-6,9-12,19-20,33H,4,7-8,13-18H2,(H,35,38)(H2,34,36,40). The Kier molecular flexibility index (Phi) is 11.2. The summed E-state index contributed by atoms with van der Waals surface area (Å²) in [5.74, 6) is -0.205. The number of carbonyl (C=O) groups is 3. The molecule has 0 unspecified atom stereocenters. The monoisotopic (exact) mass is 597 g/mol. The van der Waals surface area contributed by atoms with Gasteiger partial charge in [0.15, 0.2) is 0 Å². The molecule has 4 rings (SSSR count). The van der Waals surface area contributed by atoms with E-state index in [2.05, 4.69) is 33.4 Å². The molecule has 0 bridgehead atoms. The van der Waals surface area contributed by atoms with Crippen LogP contribution in [0.3, 0.4) is 0 Å². The molecule has 3 aromatic rings. The van der Waals surface area contributed by atoms with Gasteiger partial charge in [-0.2, -0.15) is 0 Å². The Morgan fingerprint density at radius 3 is 2.17 bits per heavy atom. The Balaban J connectivity index is 1.15. The second kappa shape index (κ2) is 15.3. The maximum Gasteiger partial charge on any atom is 0.319 e. The van der Waals surface area contributed by atoms with Crippen LogP contribution in [0.4, 0.5) is 21.9 Å². The van der Waals surface area contributed by atoms with E-state index >= 15 is 0 Å². The topological polar surface area (TPSA) is 112 Å². The molecule has 216 valence electrons. The van der Waals surface area contributed by atoms with Crippen molar-refractivity contribution in [3.8, 4) is 0 Å². The van der Waals surface area contributed by atoms with Gasteiger partial charge in [-0.15, -0.1) is 0 Å². The summed E-state index contributed by atoms with van der Waals surface area (Å²) in [4.78, 5) is 39.0. The number of hydrogen-bond acceptors (Lipinski definition) is 5. The summed E-state index contributed by atoms with van der Waals surface area (Å²) < 4.78 is 5.28. The van der Waals surface area contributed by atoms with E-state index in [1.807, 2.05) is 42.5 Å². The maximum absolute atomic E-state index is 12.7. The number of nitrogens with zero attached hydrogens (tertiary/aromatic N) is 1. The number of morpholine rings is 1. The fourth-order valence-electron chi connectivity index (χ4n) is 4.30. The number of hydrogen-bond donors (Lipinski definition) is 4. The summed E-state index contributed by atoms with van der Waals surface area (Å²) in [7, 11) is 0. The summed E-state index contributed by atoms with van der Waals surface area (Å²) >= 11 is 12.7. The molecule has 0 atom stereocenters. The van der Waals surface area contributed by atoms with Crippen molar-refractivity contribution in [1.82, 2.24) is 10.2 Å². The number of halogens is 2. The minimum Gasteiger partial charge on any atom is -0.383 e. The lowest BCUT2D eigenvalue weighted by molar-refractivity contribution is -0.116. The molecule has 9 nitrogen and oxygen atoms in total. The minimum atomic E-state index is -0.479. The Labute approximate surface area is 249 Å². The van der Waals surface area contributed by atoms with E-state index in [4.69, 9.17) is 27.9 Å². The van der Waals surface area contributed by atoms with E-state index in [0.717, 1.165) is 24.2 Å². The third kappa shape index (κ3) is 9.38. The molecule has 0 saturated carbocycles. The average molecular weight is 599 g/mol. The maximum atomic E-state index is 12.7. The highest BCUT2D eigenvalue weighted by Crippen LogP contribution is 2.32. The lowest BCUT2D eigenvalue weighted by Crippen LogP contribution is -2.40. The average Bonchev–Trinajstić information content (AvgIpc) is 2.98. The van der Waals surface area contributed by atoms with Gasteiger partial charge < -0.3 is 30.9 Å². The predicted octanol–water partition coefficient (Wildman–Crippen LogP) is 5.66. The van der Waals surface area contributed by atoms with Gasteiger partial charge >= 0.3 is 6.03 Å².